The topological polar surface area (TPSA) is 40.5 Å². The molecule has 2 N–H and O–H groups in total. The van der Waals surface area contributed by atoms with Gasteiger partial charge in [-0.05, 0) is 41.9 Å². The van der Waals surface area contributed by atoms with Crippen LogP contribution >= 0.6 is 0 Å². The van der Waals surface area contributed by atoms with Gasteiger partial charge in [0.25, 0.3) is 0 Å². The molecule has 0 radical (unpaired) electrons. The van der Waals surface area contributed by atoms with Gasteiger partial charge in [-0.1, -0.05) is 19.9 Å². The van der Waals surface area contributed by atoms with Gasteiger partial charge < -0.3 is 10.2 Å². The predicted octanol–water partition coefficient (Wildman–Crippen LogP) is 2.86. The molecule has 2 unspecified atom stereocenters. The second kappa shape index (κ2) is 3.19. The van der Waals surface area contributed by atoms with Crippen molar-refractivity contribution in [2.75, 3.05) is 0 Å². The lowest BCUT2D eigenvalue weighted by atomic mass is 9.63. The van der Waals surface area contributed by atoms with Crippen LogP contribution in [-0.4, -0.2) is 10.2 Å². The van der Waals surface area contributed by atoms with Gasteiger partial charge in [0, 0.05) is 0 Å². The summed E-state index contributed by atoms with van der Waals surface area (Å²) < 4.78 is 0. The Balaban J connectivity index is 2.28. The van der Waals surface area contributed by atoms with Gasteiger partial charge in [0.15, 0.2) is 11.5 Å². The lowest BCUT2D eigenvalue weighted by Crippen LogP contribution is -2.30. The molecule has 14 heavy (non-hydrogen) atoms. The van der Waals surface area contributed by atoms with Crippen molar-refractivity contribution in [3.63, 3.8) is 0 Å². The first-order valence-corrected chi connectivity index (χ1v) is 5.11. The van der Waals surface area contributed by atoms with Gasteiger partial charge in [-0.2, -0.15) is 0 Å². The molecule has 0 saturated heterocycles. The summed E-state index contributed by atoms with van der Waals surface area (Å²) in [6, 6.07) is 5.17. The first-order chi connectivity index (χ1) is 6.59. The number of phenols is 2. The van der Waals surface area contributed by atoms with E-state index in [1.54, 1.807) is 12.1 Å². The molecule has 0 spiro atoms. The van der Waals surface area contributed by atoms with Gasteiger partial charge in [0.1, 0.15) is 0 Å². The van der Waals surface area contributed by atoms with Crippen molar-refractivity contribution in [1.29, 1.82) is 0 Å². The molecule has 1 aromatic rings. The fraction of sp³-hybridized carbons (Fsp3) is 0.500. The van der Waals surface area contributed by atoms with Gasteiger partial charge in [0.05, 0.1) is 0 Å². The lowest BCUT2D eigenvalue weighted by molar-refractivity contribution is 0.175. The molecule has 1 fully saturated rings. The van der Waals surface area contributed by atoms with Crippen LogP contribution in [0.2, 0.25) is 0 Å². The fourth-order valence-corrected chi connectivity index (χ4v) is 2.65. The maximum Gasteiger partial charge on any atom is 0.157 e. The summed E-state index contributed by atoms with van der Waals surface area (Å²) >= 11 is 0. The number of phenolic OH excluding ortho intramolecular Hbond substituents is 2. The predicted molar refractivity (Wildman–Crippen MR) is 55.5 cm³/mol. The largest absolute Gasteiger partial charge is 0.504 e. The van der Waals surface area contributed by atoms with E-state index >= 15 is 0 Å². The zero-order valence-electron chi connectivity index (χ0n) is 8.57. The van der Waals surface area contributed by atoms with Crippen molar-refractivity contribution in [3.8, 4) is 11.5 Å². The van der Waals surface area contributed by atoms with Crippen molar-refractivity contribution in [1.82, 2.24) is 0 Å². The van der Waals surface area contributed by atoms with Gasteiger partial charge in [0.2, 0.25) is 0 Å². The molecule has 1 saturated carbocycles. The smallest absolute Gasteiger partial charge is 0.157 e. The Morgan fingerprint density at radius 3 is 2.21 bits per heavy atom. The minimum Gasteiger partial charge on any atom is -0.504 e. The summed E-state index contributed by atoms with van der Waals surface area (Å²) in [6.07, 6.45) is 1.26. The summed E-state index contributed by atoms with van der Waals surface area (Å²) in [5.74, 6) is 1.88. The van der Waals surface area contributed by atoms with Gasteiger partial charge >= 0.3 is 0 Å². The van der Waals surface area contributed by atoms with E-state index in [0.29, 0.717) is 17.8 Å². The van der Waals surface area contributed by atoms with Crippen LogP contribution in [0.3, 0.4) is 0 Å². The molecule has 1 aromatic carbocycles. The SMILES string of the molecule is CC1CC(C)C1c1ccc(O)c(O)c1. The third-order valence-corrected chi connectivity index (χ3v) is 3.35. The Kier molecular flexibility index (Phi) is 2.14. The van der Waals surface area contributed by atoms with Crippen LogP contribution in [0, 0.1) is 11.8 Å². The first-order valence-electron chi connectivity index (χ1n) is 5.11. The minimum atomic E-state index is -0.0339. The number of hydrogen-bond donors (Lipinski definition) is 2. The Morgan fingerprint density at radius 1 is 1.07 bits per heavy atom. The van der Waals surface area contributed by atoms with Crippen molar-refractivity contribution >= 4 is 0 Å². The molecule has 0 aromatic heterocycles. The Morgan fingerprint density at radius 2 is 1.71 bits per heavy atom. The average Bonchev–Trinajstić information content (AvgIpc) is 2.11. The summed E-state index contributed by atoms with van der Waals surface area (Å²) in [7, 11) is 0. The summed E-state index contributed by atoms with van der Waals surface area (Å²) in [5, 5.41) is 18.6. The van der Waals surface area contributed by atoms with E-state index in [-0.39, 0.29) is 11.5 Å². The van der Waals surface area contributed by atoms with Crippen molar-refractivity contribution < 1.29 is 10.2 Å². The average molecular weight is 192 g/mol. The Hall–Kier alpha value is -1.18. The van der Waals surface area contributed by atoms with Crippen LogP contribution in [0.15, 0.2) is 18.2 Å². The van der Waals surface area contributed by atoms with Crippen LogP contribution in [0.4, 0.5) is 0 Å². The number of rotatable bonds is 1. The van der Waals surface area contributed by atoms with Crippen LogP contribution < -0.4 is 0 Å². The quantitative estimate of drug-likeness (QED) is 0.672. The fourth-order valence-electron chi connectivity index (χ4n) is 2.65. The maximum absolute atomic E-state index is 9.39. The normalized spacial score (nSPS) is 31.1. The number of benzene rings is 1. The van der Waals surface area contributed by atoms with E-state index in [0.717, 1.165) is 5.56 Å². The molecule has 2 nitrogen and oxygen atoms in total. The van der Waals surface area contributed by atoms with E-state index in [4.69, 9.17) is 0 Å². The van der Waals surface area contributed by atoms with E-state index in [2.05, 4.69) is 13.8 Å². The lowest BCUT2D eigenvalue weighted by Gasteiger charge is -2.41. The van der Waals surface area contributed by atoms with Crippen LogP contribution in [0.5, 0.6) is 11.5 Å². The van der Waals surface area contributed by atoms with E-state index < -0.39 is 0 Å². The highest BCUT2D eigenvalue weighted by molar-refractivity contribution is 5.42. The van der Waals surface area contributed by atoms with E-state index in [1.165, 1.54) is 6.42 Å². The zero-order valence-corrected chi connectivity index (χ0v) is 8.57. The van der Waals surface area contributed by atoms with Crippen molar-refractivity contribution in [2.24, 2.45) is 11.8 Å². The molecule has 1 aliphatic rings. The van der Waals surface area contributed by atoms with E-state index in [9.17, 15) is 10.2 Å². The van der Waals surface area contributed by atoms with Crippen molar-refractivity contribution in [2.45, 2.75) is 26.2 Å². The zero-order chi connectivity index (χ0) is 10.3. The molecule has 2 heteroatoms. The molecule has 0 aliphatic heterocycles. The Bertz CT molecular complexity index is 338. The number of aromatic hydroxyl groups is 2. The summed E-state index contributed by atoms with van der Waals surface area (Å²) in [4.78, 5) is 0. The summed E-state index contributed by atoms with van der Waals surface area (Å²) in [5.41, 5.74) is 1.14. The molecule has 76 valence electrons. The standard InChI is InChI=1S/C12H16O2/c1-7-5-8(2)12(7)9-3-4-10(13)11(14)6-9/h3-4,6-8,12-14H,5H2,1-2H3. The highest BCUT2D eigenvalue weighted by Gasteiger charge is 2.35. The van der Waals surface area contributed by atoms with Gasteiger partial charge in [-0.15, -0.1) is 0 Å². The van der Waals surface area contributed by atoms with Crippen LogP contribution in [-0.2, 0) is 0 Å². The highest BCUT2D eigenvalue weighted by Crippen LogP contribution is 2.48. The highest BCUT2D eigenvalue weighted by atomic mass is 16.3. The second-order valence-electron chi connectivity index (χ2n) is 4.46. The molecular weight excluding hydrogens is 176 g/mol. The Labute approximate surface area is 84.2 Å². The molecule has 1 aliphatic carbocycles. The monoisotopic (exact) mass is 192 g/mol. The van der Waals surface area contributed by atoms with Crippen LogP contribution in [0.25, 0.3) is 0 Å². The molecule has 0 heterocycles. The van der Waals surface area contributed by atoms with Gasteiger partial charge in [-0.3, -0.25) is 0 Å². The molecule has 0 bridgehead atoms. The van der Waals surface area contributed by atoms with Crippen molar-refractivity contribution in [3.05, 3.63) is 23.8 Å². The third kappa shape index (κ3) is 1.35. The number of hydrogen-bond acceptors (Lipinski definition) is 2. The molecule has 0 amide bonds. The minimum absolute atomic E-state index is 0.00574. The third-order valence-electron chi connectivity index (χ3n) is 3.35. The summed E-state index contributed by atoms with van der Waals surface area (Å²) in [6.45, 7) is 4.46. The maximum atomic E-state index is 9.39. The molecule has 2 rings (SSSR count). The molecule has 2 atom stereocenters. The first kappa shape index (κ1) is 9.38. The van der Waals surface area contributed by atoms with E-state index in [1.807, 2.05) is 6.07 Å². The van der Waals surface area contributed by atoms with Crippen LogP contribution in [0.1, 0.15) is 31.7 Å². The second-order valence-corrected chi connectivity index (χ2v) is 4.46. The van der Waals surface area contributed by atoms with Gasteiger partial charge in [-0.25, -0.2) is 0 Å². The molecular formula is C12H16O2.